The minimum Gasteiger partial charge on any atom is -0.370 e. The van der Waals surface area contributed by atoms with Crippen molar-refractivity contribution in [2.24, 2.45) is 7.05 Å². The van der Waals surface area contributed by atoms with E-state index in [9.17, 15) is 0 Å². The molecule has 0 aliphatic carbocycles. The third-order valence-electron chi connectivity index (χ3n) is 4.38. The lowest BCUT2D eigenvalue weighted by atomic mass is 9.86. The van der Waals surface area contributed by atoms with E-state index in [1.54, 1.807) is 0 Å². The van der Waals surface area contributed by atoms with Crippen LogP contribution >= 0.6 is 0 Å². The van der Waals surface area contributed by atoms with Gasteiger partial charge in [0.15, 0.2) is 0 Å². The van der Waals surface area contributed by atoms with E-state index in [2.05, 4.69) is 66.0 Å². The van der Waals surface area contributed by atoms with Crippen LogP contribution in [-0.4, -0.2) is 16.3 Å². The summed E-state index contributed by atoms with van der Waals surface area (Å²) in [4.78, 5) is 0. The summed E-state index contributed by atoms with van der Waals surface area (Å²) < 4.78 is 1.98. The van der Waals surface area contributed by atoms with E-state index in [1.807, 2.05) is 11.7 Å². The number of nitrogens with zero attached hydrogens (tertiary/aromatic N) is 2. The Bertz CT molecular complexity index is 736. The van der Waals surface area contributed by atoms with Crippen LogP contribution in [0.15, 0.2) is 60.7 Å². The van der Waals surface area contributed by atoms with Crippen LogP contribution in [0.2, 0.25) is 0 Å². The highest BCUT2D eigenvalue weighted by Crippen LogP contribution is 2.37. The van der Waals surface area contributed by atoms with Gasteiger partial charge in [0.2, 0.25) is 0 Å². The normalized spacial score (nSPS) is 13.2. The monoisotopic (exact) mass is 289 g/mol. The van der Waals surface area contributed by atoms with Crippen molar-refractivity contribution in [1.82, 2.24) is 9.78 Å². The van der Waals surface area contributed by atoms with Crippen LogP contribution in [0, 0.1) is 0 Å². The van der Waals surface area contributed by atoms with Gasteiger partial charge in [0.25, 0.3) is 0 Å². The van der Waals surface area contributed by atoms with Crippen molar-refractivity contribution in [2.45, 2.75) is 12.3 Å². The van der Waals surface area contributed by atoms with Crippen LogP contribution in [-0.2, 0) is 13.5 Å². The number of hydrogen-bond acceptors (Lipinski definition) is 2. The predicted octanol–water partition coefficient (Wildman–Crippen LogP) is 3.57. The summed E-state index contributed by atoms with van der Waals surface area (Å²) in [7, 11) is 2.02. The van der Waals surface area contributed by atoms with Crippen molar-refractivity contribution in [3.8, 4) is 0 Å². The molecule has 1 aliphatic heterocycles. The SMILES string of the molecule is Cn1nc(C(c2ccccc2)c2ccccc2)c2c1NCC2. The summed E-state index contributed by atoms with van der Waals surface area (Å²) in [5.41, 5.74) is 5.13. The van der Waals surface area contributed by atoms with E-state index in [4.69, 9.17) is 5.10 Å². The number of benzene rings is 2. The molecule has 0 atom stereocenters. The fourth-order valence-electron chi connectivity index (χ4n) is 3.39. The molecular formula is C19H19N3. The van der Waals surface area contributed by atoms with E-state index in [1.165, 1.54) is 28.2 Å². The fraction of sp³-hybridized carbons (Fsp3) is 0.211. The Kier molecular flexibility index (Phi) is 3.19. The quantitative estimate of drug-likeness (QED) is 0.799. The third-order valence-corrected chi connectivity index (χ3v) is 4.38. The zero-order valence-electron chi connectivity index (χ0n) is 12.7. The summed E-state index contributed by atoms with van der Waals surface area (Å²) in [6.45, 7) is 1.00. The number of nitrogens with one attached hydrogen (secondary N) is 1. The van der Waals surface area contributed by atoms with Gasteiger partial charge >= 0.3 is 0 Å². The largest absolute Gasteiger partial charge is 0.370 e. The Balaban J connectivity index is 1.91. The molecule has 110 valence electrons. The highest BCUT2D eigenvalue weighted by Gasteiger charge is 2.28. The lowest BCUT2D eigenvalue weighted by molar-refractivity contribution is 0.733. The van der Waals surface area contributed by atoms with Crippen LogP contribution < -0.4 is 5.32 Å². The Morgan fingerprint density at radius 1 is 0.955 bits per heavy atom. The Labute approximate surface area is 130 Å². The first-order valence-corrected chi connectivity index (χ1v) is 7.74. The first-order valence-electron chi connectivity index (χ1n) is 7.74. The second kappa shape index (κ2) is 5.34. The number of aromatic nitrogens is 2. The number of anilines is 1. The van der Waals surface area contributed by atoms with Crippen LogP contribution in [0.3, 0.4) is 0 Å². The van der Waals surface area contributed by atoms with Crippen molar-refractivity contribution in [3.63, 3.8) is 0 Å². The third kappa shape index (κ3) is 2.10. The van der Waals surface area contributed by atoms with Gasteiger partial charge in [0.05, 0.1) is 11.6 Å². The molecule has 1 aromatic heterocycles. The number of hydrogen-bond donors (Lipinski definition) is 1. The van der Waals surface area contributed by atoms with Gasteiger partial charge in [-0.3, -0.25) is 4.68 Å². The van der Waals surface area contributed by atoms with Crippen molar-refractivity contribution in [3.05, 3.63) is 83.0 Å². The topological polar surface area (TPSA) is 29.9 Å². The van der Waals surface area contributed by atoms with E-state index >= 15 is 0 Å². The zero-order valence-corrected chi connectivity index (χ0v) is 12.7. The molecule has 22 heavy (non-hydrogen) atoms. The molecule has 0 spiro atoms. The molecule has 3 aromatic rings. The molecule has 0 amide bonds. The van der Waals surface area contributed by atoms with Gasteiger partial charge in [-0.1, -0.05) is 60.7 Å². The maximum Gasteiger partial charge on any atom is 0.127 e. The molecule has 1 N–H and O–H groups in total. The molecular weight excluding hydrogens is 270 g/mol. The second-order valence-electron chi connectivity index (χ2n) is 5.77. The van der Waals surface area contributed by atoms with Crippen LogP contribution in [0.1, 0.15) is 28.3 Å². The maximum absolute atomic E-state index is 4.84. The summed E-state index contributed by atoms with van der Waals surface area (Å²) in [6, 6.07) is 21.3. The Hall–Kier alpha value is -2.55. The van der Waals surface area contributed by atoms with Crippen molar-refractivity contribution < 1.29 is 0 Å². The minimum atomic E-state index is 0.192. The maximum atomic E-state index is 4.84. The molecule has 0 saturated carbocycles. The van der Waals surface area contributed by atoms with Gasteiger partial charge in [0.1, 0.15) is 5.82 Å². The summed E-state index contributed by atoms with van der Waals surface area (Å²) in [5, 5.41) is 8.29. The van der Waals surface area contributed by atoms with Gasteiger partial charge in [-0.15, -0.1) is 0 Å². The molecule has 0 unspecified atom stereocenters. The molecule has 0 bridgehead atoms. The number of rotatable bonds is 3. The van der Waals surface area contributed by atoms with Crippen LogP contribution in [0.5, 0.6) is 0 Å². The molecule has 0 saturated heterocycles. The second-order valence-corrected chi connectivity index (χ2v) is 5.77. The van der Waals surface area contributed by atoms with Crippen molar-refractivity contribution in [2.75, 3.05) is 11.9 Å². The highest BCUT2D eigenvalue weighted by atomic mass is 15.3. The smallest absolute Gasteiger partial charge is 0.127 e. The van der Waals surface area contributed by atoms with E-state index in [0.29, 0.717) is 0 Å². The summed E-state index contributed by atoms with van der Waals surface area (Å²) >= 11 is 0. The van der Waals surface area contributed by atoms with Gasteiger partial charge in [-0.2, -0.15) is 5.10 Å². The van der Waals surface area contributed by atoms with Gasteiger partial charge in [-0.05, 0) is 17.5 Å². The number of aryl methyl sites for hydroxylation is 1. The molecule has 2 heterocycles. The summed E-state index contributed by atoms with van der Waals surface area (Å²) in [6.07, 6.45) is 1.05. The summed E-state index contributed by atoms with van der Waals surface area (Å²) in [5.74, 6) is 1.36. The number of fused-ring (bicyclic) bond motifs is 1. The molecule has 1 aliphatic rings. The molecule has 3 nitrogen and oxygen atoms in total. The zero-order chi connectivity index (χ0) is 14.9. The Morgan fingerprint density at radius 3 is 2.14 bits per heavy atom. The van der Waals surface area contributed by atoms with Crippen LogP contribution in [0.25, 0.3) is 0 Å². The molecule has 3 heteroatoms. The molecule has 0 radical (unpaired) electrons. The standard InChI is InChI=1S/C19H19N3/c1-22-19-16(12-13-20-19)18(21-22)17(14-8-4-2-5-9-14)15-10-6-3-7-11-15/h2-11,17,20H,12-13H2,1H3. The molecule has 2 aromatic carbocycles. The predicted molar refractivity (Wildman–Crippen MR) is 89.2 cm³/mol. The lowest BCUT2D eigenvalue weighted by Gasteiger charge is -2.17. The van der Waals surface area contributed by atoms with E-state index in [0.717, 1.165) is 13.0 Å². The molecule has 0 fully saturated rings. The van der Waals surface area contributed by atoms with E-state index < -0.39 is 0 Å². The van der Waals surface area contributed by atoms with Crippen molar-refractivity contribution in [1.29, 1.82) is 0 Å². The van der Waals surface area contributed by atoms with Crippen molar-refractivity contribution >= 4 is 5.82 Å². The first kappa shape index (κ1) is 13.1. The van der Waals surface area contributed by atoms with Gasteiger partial charge < -0.3 is 5.32 Å². The van der Waals surface area contributed by atoms with E-state index in [-0.39, 0.29) is 5.92 Å². The van der Waals surface area contributed by atoms with Gasteiger partial charge in [-0.25, -0.2) is 0 Å². The highest BCUT2D eigenvalue weighted by molar-refractivity contribution is 5.56. The Morgan fingerprint density at radius 2 is 1.55 bits per heavy atom. The fourth-order valence-corrected chi connectivity index (χ4v) is 3.39. The minimum absolute atomic E-state index is 0.192. The van der Waals surface area contributed by atoms with Crippen LogP contribution in [0.4, 0.5) is 5.82 Å². The first-order chi connectivity index (χ1) is 10.8. The van der Waals surface area contributed by atoms with Gasteiger partial charge in [0, 0.05) is 19.2 Å². The average Bonchev–Trinajstić information content (AvgIpc) is 3.15. The average molecular weight is 289 g/mol. The molecule has 4 rings (SSSR count). The lowest BCUT2D eigenvalue weighted by Crippen LogP contribution is -2.08.